The highest BCUT2D eigenvalue weighted by molar-refractivity contribution is 5.79. The molecular formula is C19H29N5O. The van der Waals surface area contributed by atoms with Crippen molar-refractivity contribution in [1.82, 2.24) is 20.4 Å². The van der Waals surface area contributed by atoms with E-state index in [1.54, 1.807) is 13.3 Å². The van der Waals surface area contributed by atoms with Crippen molar-refractivity contribution < 1.29 is 4.74 Å². The lowest BCUT2D eigenvalue weighted by molar-refractivity contribution is 0.414. The predicted octanol–water partition coefficient (Wildman–Crippen LogP) is 2.33. The number of hydrogen-bond donors (Lipinski definition) is 2. The lowest BCUT2D eigenvalue weighted by Crippen LogP contribution is -2.38. The Morgan fingerprint density at radius 1 is 1.28 bits per heavy atom. The Labute approximate surface area is 150 Å². The number of guanidine groups is 1. The van der Waals surface area contributed by atoms with Gasteiger partial charge in [-0.2, -0.15) is 5.10 Å². The van der Waals surface area contributed by atoms with E-state index in [1.165, 1.54) is 5.56 Å². The van der Waals surface area contributed by atoms with Crippen molar-refractivity contribution in [3.63, 3.8) is 0 Å². The van der Waals surface area contributed by atoms with Gasteiger partial charge in [-0.05, 0) is 43.0 Å². The van der Waals surface area contributed by atoms with Gasteiger partial charge in [-0.3, -0.25) is 9.67 Å². The summed E-state index contributed by atoms with van der Waals surface area (Å²) in [6.45, 7) is 7.59. The molecule has 25 heavy (non-hydrogen) atoms. The Hall–Kier alpha value is -2.50. The molecule has 136 valence electrons. The Bertz CT molecular complexity index is 622. The fourth-order valence-corrected chi connectivity index (χ4v) is 2.49. The van der Waals surface area contributed by atoms with Gasteiger partial charge in [-0.1, -0.05) is 19.1 Å². The predicted molar refractivity (Wildman–Crippen MR) is 102 cm³/mol. The molecule has 6 nitrogen and oxygen atoms in total. The van der Waals surface area contributed by atoms with Crippen LogP contribution in [0.25, 0.3) is 0 Å². The number of rotatable bonds is 9. The number of nitrogens with zero attached hydrogens (tertiary/aromatic N) is 3. The number of nitrogens with one attached hydrogen (secondary N) is 2. The van der Waals surface area contributed by atoms with Crippen molar-refractivity contribution in [1.29, 1.82) is 0 Å². The maximum atomic E-state index is 5.18. The molecule has 0 aliphatic carbocycles. The third-order valence-corrected chi connectivity index (χ3v) is 3.83. The normalized spacial score (nSPS) is 12.7. The van der Waals surface area contributed by atoms with Crippen LogP contribution < -0.4 is 15.4 Å². The summed E-state index contributed by atoms with van der Waals surface area (Å²) >= 11 is 0. The molecule has 0 amide bonds. The summed E-state index contributed by atoms with van der Waals surface area (Å²) in [6.07, 6.45) is 4.73. The first-order chi connectivity index (χ1) is 12.2. The number of ether oxygens (including phenoxy) is 1. The molecule has 1 atom stereocenters. The quantitative estimate of drug-likeness (QED) is 0.542. The summed E-state index contributed by atoms with van der Waals surface area (Å²) in [5.41, 5.74) is 1.27. The van der Waals surface area contributed by atoms with Crippen molar-refractivity contribution >= 4 is 5.96 Å². The highest BCUT2D eigenvalue weighted by Crippen LogP contribution is 2.11. The fourth-order valence-electron chi connectivity index (χ4n) is 2.49. The molecule has 2 rings (SSSR count). The zero-order valence-electron chi connectivity index (χ0n) is 15.4. The second kappa shape index (κ2) is 10.4. The van der Waals surface area contributed by atoms with Crippen molar-refractivity contribution in [2.45, 2.75) is 26.8 Å². The highest BCUT2D eigenvalue weighted by atomic mass is 16.5. The fraction of sp³-hybridized carbons (Fsp3) is 0.474. The van der Waals surface area contributed by atoms with Crippen LogP contribution >= 0.6 is 0 Å². The molecule has 0 bridgehead atoms. The van der Waals surface area contributed by atoms with Crippen LogP contribution in [0.4, 0.5) is 0 Å². The molecule has 2 N–H and O–H groups in total. The van der Waals surface area contributed by atoms with E-state index in [4.69, 9.17) is 4.74 Å². The summed E-state index contributed by atoms with van der Waals surface area (Å²) in [5, 5.41) is 10.9. The SMILES string of the molecule is CCNC(=NCC(C)Cn1cccn1)NCCc1ccc(OC)cc1. The average Bonchev–Trinajstić information content (AvgIpc) is 3.13. The number of aromatic nitrogens is 2. The zero-order valence-corrected chi connectivity index (χ0v) is 15.4. The molecule has 0 fully saturated rings. The molecule has 0 saturated carbocycles. The van der Waals surface area contributed by atoms with Crippen molar-refractivity contribution in [2.24, 2.45) is 10.9 Å². The molecule has 0 aliphatic rings. The second-order valence-corrected chi connectivity index (χ2v) is 6.08. The number of aliphatic imine (C=N–C) groups is 1. The van der Waals surface area contributed by atoms with Gasteiger partial charge in [0.25, 0.3) is 0 Å². The summed E-state index contributed by atoms with van der Waals surface area (Å²) in [5.74, 6) is 2.18. The molecule has 0 aliphatic heterocycles. The second-order valence-electron chi connectivity index (χ2n) is 6.08. The first kappa shape index (κ1) is 18.8. The molecule has 6 heteroatoms. The van der Waals surface area contributed by atoms with Crippen molar-refractivity contribution in [3.05, 3.63) is 48.3 Å². The summed E-state index contributed by atoms with van der Waals surface area (Å²) in [7, 11) is 1.68. The van der Waals surface area contributed by atoms with E-state index >= 15 is 0 Å². The number of benzene rings is 1. The van der Waals surface area contributed by atoms with E-state index in [2.05, 4.69) is 46.7 Å². The Balaban J connectivity index is 1.78. The van der Waals surface area contributed by atoms with Crippen molar-refractivity contribution in [2.75, 3.05) is 26.7 Å². The van der Waals surface area contributed by atoms with Crippen LogP contribution in [-0.2, 0) is 13.0 Å². The van der Waals surface area contributed by atoms with Crippen LogP contribution in [0.3, 0.4) is 0 Å². The number of hydrogen-bond acceptors (Lipinski definition) is 3. The van der Waals surface area contributed by atoms with Crippen LogP contribution in [0.1, 0.15) is 19.4 Å². The number of methoxy groups -OCH3 is 1. The smallest absolute Gasteiger partial charge is 0.191 e. The van der Waals surface area contributed by atoms with Gasteiger partial charge in [0, 0.05) is 38.6 Å². The largest absolute Gasteiger partial charge is 0.497 e. The van der Waals surface area contributed by atoms with E-state index in [1.807, 2.05) is 29.1 Å². The van der Waals surface area contributed by atoms with Crippen LogP contribution in [0, 0.1) is 5.92 Å². The minimum absolute atomic E-state index is 0.428. The molecule has 0 radical (unpaired) electrons. The highest BCUT2D eigenvalue weighted by Gasteiger charge is 2.04. The molecular weight excluding hydrogens is 314 g/mol. The van der Waals surface area contributed by atoms with E-state index < -0.39 is 0 Å². The van der Waals surface area contributed by atoms with Crippen LogP contribution in [0.2, 0.25) is 0 Å². The summed E-state index contributed by atoms with van der Waals surface area (Å²) in [4.78, 5) is 4.69. The van der Waals surface area contributed by atoms with E-state index in [9.17, 15) is 0 Å². The van der Waals surface area contributed by atoms with Gasteiger partial charge in [0.1, 0.15) is 5.75 Å². The van der Waals surface area contributed by atoms with Crippen molar-refractivity contribution in [3.8, 4) is 5.75 Å². The summed E-state index contributed by atoms with van der Waals surface area (Å²) in [6, 6.07) is 10.1. The van der Waals surface area contributed by atoms with Gasteiger partial charge in [-0.15, -0.1) is 0 Å². The standard InChI is InChI=1S/C19H29N5O/c1-4-20-19(22-14-16(2)15-24-13-5-11-23-24)21-12-10-17-6-8-18(25-3)9-7-17/h5-9,11,13,16H,4,10,12,14-15H2,1-3H3,(H2,20,21,22). The van der Waals surface area contributed by atoms with Gasteiger partial charge in [0.2, 0.25) is 0 Å². The monoisotopic (exact) mass is 343 g/mol. The maximum absolute atomic E-state index is 5.18. The Kier molecular flexibility index (Phi) is 7.82. The van der Waals surface area contributed by atoms with Gasteiger partial charge in [0.15, 0.2) is 5.96 Å². The van der Waals surface area contributed by atoms with Gasteiger partial charge in [-0.25, -0.2) is 0 Å². The molecule has 1 unspecified atom stereocenters. The van der Waals surface area contributed by atoms with E-state index in [-0.39, 0.29) is 0 Å². The third-order valence-electron chi connectivity index (χ3n) is 3.83. The minimum atomic E-state index is 0.428. The van der Waals surface area contributed by atoms with Crippen LogP contribution in [0.15, 0.2) is 47.7 Å². The van der Waals surface area contributed by atoms with Crippen LogP contribution in [-0.4, -0.2) is 42.5 Å². The third kappa shape index (κ3) is 6.87. The molecule has 2 aromatic rings. The first-order valence-electron chi connectivity index (χ1n) is 8.83. The van der Waals surface area contributed by atoms with E-state index in [0.717, 1.165) is 44.3 Å². The lowest BCUT2D eigenvalue weighted by atomic mass is 10.1. The molecule has 1 aromatic heterocycles. The molecule has 1 aromatic carbocycles. The Morgan fingerprint density at radius 2 is 2.08 bits per heavy atom. The van der Waals surface area contributed by atoms with Gasteiger partial charge < -0.3 is 15.4 Å². The molecule has 0 saturated heterocycles. The zero-order chi connectivity index (χ0) is 17.9. The molecule has 0 spiro atoms. The van der Waals surface area contributed by atoms with E-state index in [0.29, 0.717) is 5.92 Å². The Morgan fingerprint density at radius 3 is 2.72 bits per heavy atom. The first-order valence-corrected chi connectivity index (χ1v) is 8.83. The average molecular weight is 343 g/mol. The molecule has 1 heterocycles. The van der Waals surface area contributed by atoms with Gasteiger partial charge in [0.05, 0.1) is 7.11 Å². The maximum Gasteiger partial charge on any atom is 0.191 e. The van der Waals surface area contributed by atoms with Gasteiger partial charge >= 0.3 is 0 Å². The lowest BCUT2D eigenvalue weighted by Gasteiger charge is -2.14. The summed E-state index contributed by atoms with van der Waals surface area (Å²) < 4.78 is 7.13. The van der Waals surface area contributed by atoms with Crippen LogP contribution in [0.5, 0.6) is 5.75 Å². The minimum Gasteiger partial charge on any atom is -0.497 e. The topological polar surface area (TPSA) is 63.5 Å².